The van der Waals surface area contributed by atoms with Crippen molar-refractivity contribution in [3.63, 3.8) is 0 Å². The Hall–Kier alpha value is -0.490. The lowest BCUT2D eigenvalue weighted by Crippen LogP contribution is -2.27. The number of esters is 1. The van der Waals surface area contributed by atoms with Crippen LogP contribution in [0.4, 0.5) is 0 Å². The molecule has 0 spiro atoms. The van der Waals surface area contributed by atoms with Crippen molar-refractivity contribution in [2.24, 2.45) is 0 Å². The van der Waals surface area contributed by atoms with Gasteiger partial charge in [-0.05, 0) is 61.6 Å². The lowest BCUT2D eigenvalue weighted by Gasteiger charge is -2.19. The van der Waals surface area contributed by atoms with E-state index in [0.29, 0.717) is 10.8 Å². The molecule has 5 heteroatoms. The molecule has 1 aromatic carbocycles. The lowest BCUT2D eigenvalue weighted by molar-refractivity contribution is -0.157. The number of halogens is 2. The minimum absolute atomic E-state index is 0.141. The van der Waals surface area contributed by atoms with Gasteiger partial charge in [-0.2, -0.15) is 0 Å². The van der Waals surface area contributed by atoms with Crippen LogP contribution in [-0.4, -0.2) is 18.2 Å². The van der Waals surface area contributed by atoms with Crippen LogP contribution in [0.15, 0.2) is 18.2 Å². The maximum Gasteiger partial charge on any atom is 0.344 e. The fourth-order valence-electron chi connectivity index (χ4n) is 1.10. The molecule has 0 amide bonds. The Balaban J connectivity index is 2.53. The number of ether oxygens (including phenoxy) is 2. The van der Waals surface area contributed by atoms with Gasteiger partial charge >= 0.3 is 5.97 Å². The molecule has 0 N–H and O–H groups in total. The first-order chi connectivity index (χ1) is 7.78. The summed E-state index contributed by atoms with van der Waals surface area (Å²) in [6.07, 6.45) is 0. The molecule has 0 aromatic heterocycles. The van der Waals surface area contributed by atoms with Gasteiger partial charge in [-0.1, -0.05) is 11.6 Å². The SMILES string of the molecule is CC(C)(C)OC(=O)COc1ccc(I)cc1Cl. The molecule has 0 bridgehead atoms. The van der Waals surface area contributed by atoms with E-state index < -0.39 is 11.6 Å². The maximum atomic E-state index is 11.4. The highest BCUT2D eigenvalue weighted by Gasteiger charge is 2.16. The Morgan fingerprint density at radius 1 is 1.41 bits per heavy atom. The number of hydrogen-bond acceptors (Lipinski definition) is 3. The highest BCUT2D eigenvalue weighted by Crippen LogP contribution is 2.26. The monoisotopic (exact) mass is 368 g/mol. The Bertz CT molecular complexity index is 413. The van der Waals surface area contributed by atoms with E-state index in [1.165, 1.54) is 0 Å². The summed E-state index contributed by atoms with van der Waals surface area (Å²) in [7, 11) is 0. The van der Waals surface area contributed by atoms with E-state index in [0.717, 1.165) is 3.57 Å². The molecular formula is C12H14ClIO3. The molecule has 0 atom stereocenters. The van der Waals surface area contributed by atoms with Gasteiger partial charge in [-0.25, -0.2) is 4.79 Å². The van der Waals surface area contributed by atoms with Gasteiger partial charge in [0.05, 0.1) is 5.02 Å². The predicted molar refractivity (Wildman–Crippen MR) is 75.5 cm³/mol. The molecule has 3 nitrogen and oxygen atoms in total. The Morgan fingerprint density at radius 3 is 2.59 bits per heavy atom. The molecule has 0 saturated heterocycles. The predicted octanol–water partition coefficient (Wildman–Crippen LogP) is 3.67. The van der Waals surface area contributed by atoms with Crippen LogP contribution in [0.1, 0.15) is 20.8 Å². The van der Waals surface area contributed by atoms with Crippen LogP contribution >= 0.6 is 34.2 Å². The second-order valence-corrected chi connectivity index (χ2v) is 6.10. The van der Waals surface area contributed by atoms with Gasteiger partial charge in [0.25, 0.3) is 0 Å². The molecule has 1 aromatic rings. The summed E-state index contributed by atoms with van der Waals surface area (Å²) in [5, 5.41) is 0.487. The van der Waals surface area contributed by atoms with Crippen molar-refractivity contribution >= 4 is 40.2 Å². The molecule has 0 aliphatic rings. The van der Waals surface area contributed by atoms with E-state index >= 15 is 0 Å². The van der Waals surface area contributed by atoms with Crippen molar-refractivity contribution < 1.29 is 14.3 Å². The standard InChI is InChI=1S/C12H14ClIO3/c1-12(2,3)17-11(15)7-16-10-5-4-8(14)6-9(10)13/h4-6H,7H2,1-3H3. The second-order valence-electron chi connectivity index (χ2n) is 4.45. The van der Waals surface area contributed by atoms with Crippen LogP contribution < -0.4 is 4.74 Å². The number of rotatable bonds is 3. The van der Waals surface area contributed by atoms with E-state index in [9.17, 15) is 4.79 Å². The average molecular weight is 369 g/mol. The second kappa shape index (κ2) is 5.91. The zero-order chi connectivity index (χ0) is 13.1. The van der Waals surface area contributed by atoms with Gasteiger partial charge < -0.3 is 9.47 Å². The van der Waals surface area contributed by atoms with Crippen LogP contribution in [0.5, 0.6) is 5.75 Å². The van der Waals surface area contributed by atoms with E-state index in [1.54, 1.807) is 12.1 Å². The number of hydrogen-bond donors (Lipinski definition) is 0. The van der Waals surface area contributed by atoms with Crippen molar-refractivity contribution in [3.8, 4) is 5.75 Å². The van der Waals surface area contributed by atoms with Crippen LogP contribution in [0.25, 0.3) is 0 Å². The Morgan fingerprint density at radius 2 is 2.06 bits per heavy atom. The minimum atomic E-state index is -0.504. The minimum Gasteiger partial charge on any atom is -0.480 e. The normalized spacial score (nSPS) is 11.1. The fourth-order valence-corrected chi connectivity index (χ4v) is 2.01. The highest BCUT2D eigenvalue weighted by molar-refractivity contribution is 14.1. The molecule has 0 aliphatic heterocycles. The third-order valence-corrected chi connectivity index (χ3v) is 2.63. The largest absolute Gasteiger partial charge is 0.480 e. The van der Waals surface area contributed by atoms with Crippen LogP contribution in [-0.2, 0) is 9.53 Å². The van der Waals surface area contributed by atoms with Crippen molar-refractivity contribution in [2.75, 3.05) is 6.61 Å². The van der Waals surface area contributed by atoms with Gasteiger partial charge in [0.1, 0.15) is 11.4 Å². The van der Waals surface area contributed by atoms with Gasteiger partial charge in [-0.3, -0.25) is 0 Å². The zero-order valence-corrected chi connectivity index (χ0v) is 12.8. The first-order valence-electron chi connectivity index (χ1n) is 5.07. The molecule has 0 fully saturated rings. The van der Waals surface area contributed by atoms with E-state index in [4.69, 9.17) is 21.1 Å². The quantitative estimate of drug-likeness (QED) is 0.603. The molecule has 0 radical (unpaired) electrons. The fraction of sp³-hybridized carbons (Fsp3) is 0.417. The number of carbonyl (C=O) groups is 1. The molecule has 17 heavy (non-hydrogen) atoms. The van der Waals surface area contributed by atoms with E-state index in [2.05, 4.69) is 22.6 Å². The number of benzene rings is 1. The van der Waals surface area contributed by atoms with E-state index in [-0.39, 0.29) is 6.61 Å². The molecule has 0 aliphatic carbocycles. The Kier molecular flexibility index (Phi) is 5.06. The van der Waals surface area contributed by atoms with Gasteiger partial charge in [-0.15, -0.1) is 0 Å². The molecule has 0 saturated carbocycles. The van der Waals surface area contributed by atoms with Crippen molar-refractivity contribution in [1.82, 2.24) is 0 Å². The summed E-state index contributed by atoms with van der Waals surface area (Å²) in [6, 6.07) is 5.36. The molecule has 0 unspecified atom stereocenters. The van der Waals surface area contributed by atoms with Gasteiger partial charge in [0.15, 0.2) is 6.61 Å². The lowest BCUT2D eigenvalue weighted by atomic mass is 10.2. The van der Waals surface area contributed by atoms with Gasteiger partial charge in [0.2, 0.25) is 0 Å². The van der Waals surface area contributed by atoms with E-state index in [1.807, 2.05) is 26.8 Å². The third-order valence-electron chi connectivity index (χ3n) is 1.66. The summed E-state index contributed by atoms with van der Waals surface area (Å²) >= 11 is 8.11. The smallest absolute Gasteiger partial charge is 0.344 e. The van der Waals surface area contributed by atoms with Gasteiger partial charge in [0, 0.05) is 3.57 Å². The van der Waals surface area contributed by atoms with Crippen LogP contribution in [0, 0.1) is 3.57 Å². The summed E-state index contributed by atoms with van der Waals surface area (Å²) in [6.45, 7) is 5.28. The molecule has 0 heterocycles. The van der Waals surface area contributed by atoms with Crippen LogP contribution in [0.2, 0.25) is 5.02 Å². The first-order valence-corrected chi connectivity index (χ1v) is 6.53. The number of carbonyl (C=O) groups excluding carboxylic acids is 1. The van der Waals surface area contributed by atoms with Crippen LogP contribution in [0.3, 0.4) is 0 Å². The summed E-state index contributed by atoms with van der Waals surface area (Å²) in [5.74, 6) is 0.0741. The zero-order valence-electron chi connectivity index (χ0n) is 9.92. The average Bonchev–Trinajstić information content (AvgIpc) is 2.13. The van der Waals surface area contributed by atoms with Crippen molar-refractivity contribution in [3.05, 3.63) is 26.8 Å². The topological polar surface area (TPSA) is 35.5 Å². The first kappa shape index (κ1) is 14.6. The summed E-state index contributed by atoms with van der Waals surface area (Å²) in [5.41, 5.74) is -0.504. The maximum absolute atomic E-state index is 11.4. The van der Waals surface area contributed by atoms with Crippen molar-refractivity contribution in [2.45, 2.75) is 26.4 Å². The summed E-state index contributed by atoms with van der Waals surface area (Å²) in [4.78, 5) is 11.4. The third kappa shape index (κ3) is 5.59. The molecular weight excluding hydrogens is 354 g/mol. The Labute approximate surface area is 120 Å². The highest BCUT2D eigenvalue weighted by atomic mass is 127. The summed E-state index contributed by atoms with van der Waals surface area (Å²) < 4.78 is 11.4. The molecule has 1 rings (SSSR count). The molecule has 94 valence electrons. The van der Waals surface area contributed by atoms with Crippen molar-refractivity contribution in [1.29, 1.82) is 0 Å².